The Labute approximate surface area is 155 Å². The van der Waals surface area contributed by atoms with Crippen molar-refractivity contribution in [1.29, 1.82) is 5.26 Å². The van der Waals surface area contributed by atoms with E-state index in [1.165, 1.54) is 24.3 Å². The number of rotatable bonds is 2. The second-order valence-electron chi connectivity index (χ2n) is 7.06. The van der Waals surface area contributed by atoms with Crippen LogP contribution in [-0.2, 0) is 14.8 Å². The lowest BCUT2D eigenvalue weighted by Gasteiger charge is -2.39. The minimum absolute atomic E-state index is 0.0170. The van der Waals surface area contributed by atoms with Gasteiger partial charge in [0.15, 0.2) is 0 Å². The molecule has 2 aliphatic rings. The molecule has 0 aromatic heterocycles. The minimum atomic E-state index is -3.70. The average Bonchev–Trinajstić information content (AvgIpc) is 2.67. The smallest absolute Gasteiger partial charge is 0.243 e. The second kappa shape index (κ2) is 8.19. The van der Waals surface area contributed by atoms with Gasteiger partial charge in [-0.1, -0.05) is 19.3 Å². The van der Waals surface area contributed by atoms with Crippen LogP contribution in [-0.4, -0.2) is 37.8 Å². The van der Waals surface area contributed by atoms with E-state index >= 15 is 0 Å². The molecule has 1 aromatic carbocycles. The summed E-state index contributed by atoms with van der Waals surface area (Å²) < 4.78 is 28.2. The molecule has 3 rings (SSSR count). The van der Waals surface area contributed by atoms with Gasteiger partial charge in [-0.15, -0.1) is 0 Å². The predicted octanol–water partition coefficient (Wildman–Crippen LogP) is 2.41. The molecule has 1 saturated carbocycles. The molecule has 140 valence electrons. The van der Waals surface area contributed by atoms with Crippen LogP contribution in [0.3, 0.4) is 0 Å². The summed E-state index contributed by atoms with van der Waals surface area (Å²) in [5, 5.41) is 11.9. The van der Waals surface area contributed by atoms with Gasteiger partial charge in [0.25, 0.3) is 0 Å². The van der Waals surface area contributed by atoms with Crippen LogP contribution in [0.1, 0.15) is 50.5 Å². The van der Waals surface area contributed by atoms with Crippen LogP contribution in [0, 0.1) is 17.2 Å². The summed E-state index contributed by atoms with van der Waals surface area (Å²) in [7, 11) is -3.70. The summed E-state index contributed by atoms with van der Waals surface area (Å²) >= 11 is 0. The highest BCUT2D eigenvalue weighted by molar-refractivity contribution is 7.89. The van der Waals surface area contributed by atoms with Gasteiger partial charge in [0.1, 0.15) is 0 Å². The van der Waals surface area contributed by atoms with E-state index in [0.717, 1.165) is 38.5 Å². The van der Waals surface area contributed by atoms with E-state index in [0.29, 0.717) is 25.1 Å². The Morgan fingerprint density at radius 2 is 1.77 bits per heavy atom. The quantitative estimate of drug-likeness (QED) is 0.859. The zero-order valence-electron chi connectivity index (χ0n) is 14.9. The number of benzene rings is 1. The number of amides is 1. The van der Waals surface area contributed by atoms with Crippen LogP contribution in [0.5, 0.6) is 0 Å². The van der Waals surface area contributed by atoms with E-state index in [1.54, 1.807) is 4.31 Å². The van der Waals surface area contributed by atoms with Gasteiger partial charge in [-0.3, -0.25) is 4.79 Å². The summed E-state index contributed by atoms with van der Waals surface area (Å²) in [6.07, 6.45) is 5.89. The molecule has 0 radical (unpaired) electrons. The normalized spacial score (nSPS) is 25.6. The summed E-state index contributed by atoms with van der Waals surface area (Å²) in [6, 6.07) is 7.75. The van der Waals surface area contributed by atoms with Gasteiger partial charge in [0.05, 0.1) is 22.4 Å². The molecule has 1 aliphatic heterocycles. The van der Waals surface area contributed by atoms with Crippen molar-refractivity contribution in [2.24, 2.45) is 5.92 Å². The first-order valence-corrected chi connectivity index (χ1v) is 10.8. The van der Waals surface area contributed by atoms with E-state index in [2.05, 4.69) is 5.32 Å². The van der Waals surface area contributed by atoms with Crippen LogP contribution in [0.15, 0.2) is 29.2 Å². The summed E-state index contributed by atoms with van der Waals surface area (Å²) in [5.74, 6) is -0.299. The maximum absolute atomic E-state index is 13.3. The number of nitrogens with zero attached hydrogens (tertiary/aromatic N) is 2. The van der Waals surface area contributed by atoms with Gasteiger partial charge in [0.2, 0.25) is 15.9 Å². The fourth-order valence-electron chi connectivity index (χ4n) is 3.98. The topological polar surface area (TPSA) is 90.3 Å². The van der Waals surface area contributed by atoms with Crippen LogP contribution in [0.25, 0.3) is 0 Å². The number of hydrogen-bond acceptors (Lipinski definition) is 4. The molecule has 1 N–H and O–H groups in total. The average molecular weight is 375 g/mol. The summed E-state index contributed by atoms with van der Waals surface area (Å²) in [6.45, 7) is 1.11. The van der Waals surface area contributed by atoms with Crippen molar-refractivity contribution in [2.75, 3.05) is 13.1 Å². The number of nitrogens with one attached hydrogen (secondary N) is 1. The standard InChI is InChI=1S/C19H25N3O3S/c20-14-15-8-10-16(11-9-15)26(24,25)22-13-5-1-4-12-21-19(23)17-6-2-3-7-18(17)22/h8-11,17-18H,1-7,12-13H2,(H,21,23). The zero-order valence-corrected chi connectivity index (χ0v) is 15.7. The number of carbonyl (C=O) groups excluding carboxylic acids is 1. The lowest BCUT2D eigenvalue weighted by atomic mass is 9.83. The summed E-state index contributed by atoms with van der Waals surface area (Å²) in [4.78, 5) is 12.8. The molecule has 1 heterocycles. The molecule has 6 nitrogen and oxygen atoms in total. The van der Waals surface area contributed by atoms with Gasteiger partial charge >= 0.3 is 0 Å². The first-order chi connectivity index (χ1) is 12.5. The number of nitriles is 1. The molecule has 1 saturated heterocycles. The highest BCUT2D eigenvalue weighted by Crippen LogP contribution is 2.33. The molecular weight excluding hydrogens is 350 g/mol. The van der Waals surface area contributed by atoms with Crippen LogP contribution in [0.4, 0.5) is 0 Å². The third-order valence-corrected chi connectivity index (χ3v) is 7.32. The minimum Gasteiger partial charge on any atom is -0.356 e. The highest BCUT2D eigenvalue weighted by atomic mass is 32.2. The SMILES string of the molecule is N#Cc1ccc(S(=O)(=O)N2CCCCCNC(=O)C3CCCCC32)cc1. The van der Waals surface area contributed by atoms with Crippen LogP contribution < -0.4 is 5.32 Å². The Kier molecular flexibility index (Phi) is 5.94. The molecule has 0 spiro atoms. The van der Waals surface area contributed by atoms with Crippen molar-refractivity contribution in [2.45, 2.75) is 55.9 Å². The van der Waals surface area contributed by atoms with Gasteiger partial charge in [-0.2, -0.15) is 9.57 Å². The number of fused-ring (bicyclic) bond motifs is 1. The molecule has 1 aromatic rings. The monoisotopic (exact) mass is 375 g/mol. The molecule has 2 unspecified atom stereocenters. The molecule has 2 atom stereocenters. The van der Waals surface area contributed by atoms with Crippen LogP contribution >= 0.6 is 0 Å². The Bertz CT molecular complexity index is 783. The first-order valence-electron chi connectivity index (χ1n) is 9.34. The van der Waals surface area contributed by atoms with Gasteiger partial charge in [-0.25, -0.2) is 8.42 Å². The Morgan fingerprint density at radius 1 is 1.04 bits per heavy atom. The van der Waals surface area contributed by atoms with Gasteiger partial charge < -0.3 is 5.32 Å². The molecular formula is C19H25N3O3S. The van der Waals surface area contributed by atoms with Crippen molar-refractivity contribution < 1.29 is 13.2 Å². The Morgan fingerprint density at radius 3 is 2.50 bits per heavy atom. The van der Waals surface area contributed by atoms with Crippen molar-refractivity contribution in [3.8, 4) is 6.07 Å². The van der Waals surface area contributed by atoms with E-state index in [9.17, 15) is 13.2 Å². The maximum atomic E-state index is 13.3. The van der Waals surface area contributed by atoms with Crippen molar-refractivity contribution in [1.82, 2.24) is 9.62 Å². The molecule has 1 aliphatic carbocycles. The first kappa shape index (κ1) is 18.9. The second-order valence-corrected chi connectivity index (χ2v) is 8.95. The molecule has 1 amide bonds. The van der Waals surface area contributed by atoms with Crippen molar-refractivity contribution in [3.63, 3.8) is 0 Å². The maximum Gasteiger partial charge on any atom is 0.243 e. The van der Waals surface area contributed by atoms with Crippen LogP contribution in [0.2, 0.25) is 0 Å². The largest absolute Gasteiger partial charge is 0.356 e. The highest BCUT2D eigenvalue weighted by Gasteiger charge is 2.40. The molecule has 0 bridgehead atoms. The predicted molar refractivity (Wildman–Crippen MR) is 97.7 cm³/mol. The fraction of sp³-hybridized carbons (Fsp3) is 0.579. The van der Waals surface area contributed by atoms with E-state index in [1.807, 2.05) is 6.07 Å². The van der Waals surface area contributed by atoms with Gasteiger partial charge in [0, 0.05) is 19.1 Å². The fourth-order valence-corrected chi connectivity index (χ4v) is 5.70. The number of sulfonamides is 1. The molecule has 2 fully saturated rings. The van der Waals surface area contributed by atoms with E-state index in [-0.39, 0.29) is 22.8 Å². The Balaban J connectivity index is 1.96. The Hall–Kier alpha value is -1.91. The van der Waals surface area contributed by atoms with Crippen molar-refractivity contribution >= 4 is 15.9 Å². The zero-order chi connectivity index (χ0) is 18.6. The van der Waals surface area contributed by atoms with Gasteiger partial charge in [-0.05, 0) is 49.9 Å². The third-order valence-electron chi connectivity index (χ3n) is 5.38. The lowest BCUT2D eigenvalue weighted by Crippen LogP contribution is -2.51. The molecule has 26 heavy (non-hydrogen) atoms. The summed E-state index contributed by atoms with van der Waals surface area (Å²) in [5.41, 5.74) is 0.430. The van der Waals surface area contributed by atoms with E-state index in [4.69, 9.17) is 5.26 Å². The molecule has 7 heteroatoms. The number of hydrogen-bond donors (Lipinski definition) is 1. The third kappa shape index (κ3) is 3.92. The van der Waals surface area contributed by atoms with Crippen molar-refractivity contribution in [3.05, 3.63) is 29.8 Å². The lowest BCUT2D eigenvalue weighted by molar-refractivity contribution is -0.127. The van der Waals surface area contributed by atoms with E-state index < -0.39 is 10.0 Å². The number of carbonyl (C=O) groups is 1.